The molecule has 3 atom stereocenters. The van der Waals surface area contributed by atoms with Gasteiger partial charge in [-0.05, 0) is 37.0 Å². The van der Waals surface area contributed by atoms with E-state index in [0.29, 0.717) is 12.5 Å². The van der Waals surface area contributed by atoms with Crippen molar-refractivity contribution < 1.29 is 19.1 Å². The molecule has 0 saturated heterocycles. The molecule has 1 amide bonds. The van der Waals surface area contributed by atoms with Gasteiger partial charge in [0.1, 0.15) is 13.2 Å². The van der Waals surface area contributed by atoms with Crippen LogP contribution in [0.4, 0.5) is 4.79 Å². The molecule has 0 aliphatic heterocycles. The summed E-state index contributed by atoms with van der Waals surface area (Å²) in [5.41, 5.74) is 0. The summed E-state index contributed by atoms with van der Waals surface area (Å²) in [7, 11) is 0. The summed E-state index contributed by atoms with van der Waals surface area (Å²) < 4.78 is 9.61. The number of amides is 1. The summed E-state index contributed by atoms with van der Waals surface area (Å²) in [6.45, 7) is 4.11. The molecule has 0 radical (unpaired) electrons. The Morgan fingerprint density at radius 3 is 2.63 bits per heavy atom. The fourth-order valence-electron chi connectivity index (χ4n) is 3.23. The molecule has 2 fully saturated rings. The highest BCUT2D eigenvalue weighted by atomic mass is 16.6. The van der Waals surface area contributed by atoms with Gasteiger partial charge in [0.2, 0.25) is 0 Å². The Labute approximate surface area is 113 Å². The van der Waals surface area contributed by atoms with Crippen LogP contribution in [0.1, 0.15) is 25.7 Å². The monoisotopic (exact) mass is 267 g/mol. The zero-order valence-corrected chi connectivity index (χ0v) is 11.1. The van der Waals surface area contributed by atoms with Crippen molar-refractivity contribution >= 4 is 12.1 Å². The summed E-state index contributed by atoms with van der Waals surface area (Å²) >= 11 is 0. The first-order chi connectivity index (χ1) is 9.19. The summed E-state index contributed by atoms with van der Waals surface area (Å²) in [6, 6.07) is 0. The molecule has 0 spiro atoms. The van der Waals surface area contributed by atoms with Crippen molar-refractivity contribution in [1.82, 2.24) is 5.32 Å². The van der Waals surface area contributed by atoms with Crippen LogP contribution < -0.4 is 5.32 Å². The minimum atomic E-state index is -0.508. The number of hydrogen-bond donors (Lipinski definition) is 1. The Bertz CT molecular complexity index is 355. The molecular formula is C14H21NO4. The highest BCUT2D eigenvalue weighted by molar-refractivity contribution is 5.81. The minimum absolute atomic E-state index is 0.0619. The van der Waals surface area contributed by atoms with Gasteiger partial charge in [-0.3, -0.25) is 0 Å². The van der Waals surface area contributed by atoms with Crippen LogP contribution in [0, 0.1) is 17.8 Å². The Morgan fingerprint density at radius 1 is 1.21 bits per heavy atom. The van der Waals surface area contributed by atoms with Crippen LogP contribution in [-0.4, -0.2) is 31.8 Å². The van der Waals surface area contributed by atoms with E-state index in [-0.39, 0.29) is 13.2 Å². The maximum absolute atomic E-state index is 11.4. The van der Waals surface area contributed by atoms with Gasteiger partial charge in [-0.1, -0.05) is 13.0 Å². The first-order valence-corrected chi connectivity index (χ1v) is 6.89. The fraction of sp³-hybridized carbons (Fsp3) is 0.714. The molecule has 5 heteroatoms. The molecule has 1 N–H and O–H groups in total. The summed E-state index contributed by atoms with van der Waals surface area (Å²) in [5, 5.41) is 2.79. The SMILES string of the molecule is C=CC(=O)OCCOC(=O)NC[C@@H]1CC2CCC1C2. The Kier molecular flexibility index (Phi) is 4.82. The highest BCUT2D eigenvalue weighted by Crippen LogP contribution is 2.47. The Balaban J connectivity index is 1.53. The molecular weight excluding hydrogens is 246 g/mol. The number of esters is 1. The lowest BCUT2D eigenvalue weighted by Crippen LogP contribution is -2.32. The molecule has 0 heterocycles. The van der Waals surface area contributed by atoms with Crippen molar-refractivity contribution in [3.8, 4) is 0 Å². The van der Waals surface area contributed by atoms with E-state index < -0.39 is 12.1 Å². The highest BCUT2D eigenvalue weighted by Gasteiger charge is 2.39. The molecule has 2 unspecified atom stereocenters. The summed E-state index contributed by atoms with van der Waals surface area (Å²) in [6.07, 6.45) is 5.89. The molecule has 2 rings (SSSR count). The van der Waals surface area contributed by atoms with Crippen LogP contribution in [0.15, 0.2) is 12.7 Å². The quantitative estimate of drug-likeness (QED) is 0.453. The third-order valence-electron chi connectivity index (χ3n) is 4.12. The third kappa shape index (κ3) is 3.98. The number of rotatable bonds is 6. The van der Waals surface area contributed by atoms with Gasteiger partial charge in [-0.2, -0.15) is 0 Å². The van der Waals surface area contributed by atoms with Crippen molar-refractivity contribution in [2.75, 3.05) is 19.8 Å². The number of hydrogen-bond acceptors (Lipinski definition) is 4. The van der Waals surface area contributed by atoms with E-state index in [4.69, 9.17) is 9.47 Å². The van der Waals surface area contributed by atoms with E-state index >= 15 is 0 Å². The van der Waals surface area contributed by atoms with E-state index in [1.54, 1.807) is 0 Å². The molecule has 2 bridgehead atoms. The third-order valence-corrected chi connectivity index (χ3v) is 4.12. The van der Waals surface area contributed by atoms with Gasteiger partial charge in [0.05, 0.1) is 0 Å². The van der Waals surface area contributed by atoms with Crippen molar-refractivity contribution in [2.24, 2.45) is 17.8 Å². The van der Waals surface area contributed by atoms with Crippen molar-refractivity contribution in [1.29, 1.82) is 0 Å². The minimum Gasteiger partial charge on any atom is -0.459 e. The van der Waals surface area contributed by atoms with E-state index in [0.717, 1.165) is 17.9 Å². The predicted molar refractivity (Wildman–Crippen MR) is 69.4 cm³/mol. The van der Waals surface area contributed by atoms with Crippen LogP contribution in [-0.2, 0) is 14.3 Å². The predicted octanol–water partition coefficient (Wildman–Crippen LogP) is 1.88. The number of nitrogens with one attached hydrogen (secondary N) is 1. The van der Waals surface area contributed by atoms with E-state index in [1.165, 1.54) is 25.7 Å². The van der Waals surface area contributed by atoms with E-state index in [2.05, 4.69) is 11.9 Å². The number of carbonyl (C=O) groups is 2. The number of fused-ring (bicyclic) bond motifs is 2. The van der Waals surface area contributed by atoms with Gasteiger partial charge >= 0.3 is 12.1 Å². The van der Waals surface area contributed by atoms with Crippen LogP contribution in [0.25, 0.3) is 0 Å². The van der Waals surface area contributed by atoms with Gasteiger partial charge in [-0.15, -0.1) is 0 Å². The molecule has 0 aromatic heterocycles. The first-order valence-electron chi connectivity index (χ1n) is 6.89. The second-order valence-corrected chi connectivity index (χ2v) is 5.32. The van der Waals surface area contributed by atoms with Crippen molar-refractivity contribution in [3.05, 3.63) is 12.7 Å². The van der Waals surface area contributed by atoms with Gasteiger partial charge in [0, 0.05) is 12.6 Å². The topological polar surface area (TPSA) is 64.6 Å². The van der Waals surface area contributed by atoms with Gasteiger partial charge in [-0.25, -0.2) is 9.59 Å². The molecule has 5 nitrogen and oxygen atoms in total. The molecule has 2 aliphatic rings. The Hall–Kier alpha value is -1.52. The fourth-order valence-corrected chi connectivity index (χ4v) is 3.23. The van der Waals surface area contributed by atoms with E-state index in [1.807, 2.05) is 0 Å². The van der Waals surface area contributed by atoms with Crippen LogP contribution >= 0.6 is 0 Å². The Morgan fingerprint density at radius 2 is 2.00 bits per heavy atom. The largest absolute Gasteiger partial charge is 0.459 e. The molecule has 0 aromatic rings. The normalized spacial score (nSPS) is 27.9. The smallest absolute Gasteiger partial charge is 0.407 e. The number of carbonyl (C=O) groups excluding carboxylic acids is 2. The van der Waals surface area contributed by atoms with Crippen molar-refractivity contribution in [2.45, 2.75) is 25.7 Å². The maximum Gasteiger partial charge on any atom is 0.407 e. The average molecular weight is 267 g/mol. The lowest BCUT2D eigenvalue weighted by atomic mass is 9.89. The lowest BCUT2D eigenvalue weighted by molar-refractivity contribution is -0.138. The lowest BCUT2D eigenvalue weighted by Gasteiger charge is -2.21. The van der Waals surface area contributed by atoms with Gasteiger partial charge in [0.15, 0.2) is 0 Å². The molecule has 106 valence electrons. The first kappa shape index (κ1) is 13.9. The molecule has 19 heavy (non-hydrogen) atoms. The van der Waals surface area contributed by atoms with Gasteiger partial charge < -0.3 is 14.8 Å². The second-order valence-electron chi connectivity index (χ2n) is 5.32. The second kappa shape index (κ2) is 6.59. The maximum atomic E-state index is 11.4. The average Bonchev–Trinajstić information content (AvgIpc) is 3.03. The summed E-state index contributed by atoms with van der Waals surface area (Å²) in [5.74, 6) is 1.78. The standard InChI is InChI=1S/C14H21NO4/c1-2-13(16)18-5-6-19-14(17)15-9-12-8-10-3-4-11(12)7-10/h2,10-12H,1,3-9H2,(H,15,17)/t10?,11?,12-/m0/s1. The van der Waals surface area contributed by atoms with Crippen LogP contribution in [0.2, 0.25) is 0 Å². The van der Waals surface area contributed by atoms with Crippen LogP contribution in [0.5, 0.6) is 0 Å². The number of alkyl carbamates (subject to hydrolysis) is 1. The van der Waals surface area contributed by atoms with Gasteiger partial charge in [0.25, 0.3) is 0 Å². The summed E-state index contributed by atoms with van der Waals surface area (Å²) in [4.78, 5) is 22.2. The molecule has 2 aliphatic carbocycles. The zero-order valence-electron chi connectivity index (χ0n) is 11.1. The zero-order chi connectivity index (χ0) is 13.7. The van der Waals surface area contributed by atoms with E-state index in [9.17, 15) is 9.59 Å². The number of ether oxygens (including phenoxy) is 2. The van der Waals surface area contributed by atoms with Crippen molar-refractivity contribution in [3.63, 3.8) is 0 Å². The molecule has 2 saturated carbocycles. The molecule has 0 aromatic carbocycles. The van der Waals surface area contributed by atoms with Crippen LogP contribution in [0.3, 0.4) is 0 Å².